The summed E-state index contributed by atoms with van der Waals surface area (Å²) in [6.45, 7) is 0. The minimum atomic E-state index is -0.0254. The third-order valence-electron chi connectivity index (χ3n) is 0.331. The zero-order valence-electron chi connectivity index (χ0n) is 3.72. The number of thioether (sulfide) groups is 1. The van der Waals surface area contributed by atoms with Crippen LogP contribution in [0.15, 0.2) is 0 Å². The van der Waals surface area contributed by atoms with Crippen molar-refractivity contribution in [2.24, 2.45) is 0 Å². The molecule has 0 aliphatic heterocycles. The standard InChI is InChI=1S/C3H4INOS/c1-6-3(4)7-2-5/h3H,1H3. The van der Waals surface area contributed by atoms with Gasteiger partial charge in [0.2, 0.25) is 0 Å². The average molecular weight is 229 g/mol. The van der Waals surface area contributed by atoms with Crippen molar-refractivity contribution in [3.8, 4) is 5.40 Å². The minimum Gasteiger partial charge on any atom is -0.360 e. The van der Waals surface area contributed by atoms with Crippen molar-refractivity contribution in [3.63, 3.8) is 0 Å². The summed E-state index contributed by atoms with van der Waals surface area (Å²) in [6, 6.07) is 0. The molecule has 1 unspecified atom stereocenters. The van der Waals surface area contributed by atoms with Crippen LogP contribution in [0, 0.1) is 10.7 Å². The highest BCUT2D eigenvalue weighted by Crippen LogP contribution is 2.15. The lowest BCUT2D eigenvalue weighted by atomic mass is 11.5. The number of halogens is 1. The summed E-state index contributed by atoms with van der Waals surface area (Å²) in [6.07, 6.45) is 0. The molecular weight excluding hydrogens is 225 g/mol. The van der Waals surface area contributed by atoms with Crippen molar-refractivity contribution in [1.29, 1.82) is 5.26 Å². The first-order valence-corrected chi connectivity index (χ1v) is 3.65. The van der Waals surface area contributed by atoms with E-state index < -0.39 is 0 Å². The zero-order chi connectivity index (χ0) is 5.70. The zero-order valence-corrected chi connectivity index (χ0v) is 6.69. The number of methoxy groups -OCH3 is 1. The van der Waals surface area contributed by atoms with Crippen LogP contribution >= 0.6 is 34.4 Å². The number of thiocyanates is 1. The van der Waals surface area contributed by atoms with E-state index in [0.29, 0.717) is 0 Å². The fourth-order valence-corrected chi connectivity index (χ4v) is 0.610. The van der Waals surface area contributed by atoms with E-state index in [2.05, 4.69) is 0 Å². The van der Waals surface area contributed by atoms with E-state index >= 15 is 0 Å². The molecule has 7 heavy (non-hydrogen) atoms. The molecule has 0 bridgehead atoms. The normalized spacial score (nSPS) is 12.7. The maximum absolute atomic E-state index is 8.00. The predicted molar refractivity (Wildman–Crippen MR) is 38.0 cm³/mol. The highest BCUT2D eigenvalue weighted by atomic mass is 127. The Balaban J connectivity index is 3.03. The summed E-state index contributed by atoms with van der Waals surface area (Å²) in [5.41, 5.74) is 0. The van der Waals surface area contributed by atoms with Gasteiger partial charge in [0, 0.05) is 7.11 Å². The SMILES string of the molecule is COC(I)SC#N. The van der Waals surface area contributed by atoms with E-state index in [-0.39, 0.29) is 3.44 Å². The first-order valence-electron chi connectivity index (χ1n) is 1.53. The molecule has 1 atom stereocenters. The van der Waals surface area contributed by atoms with Crippen LogP contribution in [0.5, 0.6) is 0 Å². The quantitative estimate of drug-likeness (QED) is 0.312. The molecule has 0 fully saturated rings. The number of ether oxygens (including phenoxy) is 1. The highest BCUT2D eigenvalue weighted by molar-refractivity contribution is 14.1. The Morgan fingerprint density at radius 1 is 2.00 bits per heavy atom. The van der Waals surface area contributed by atoms with Crippen molar-refractivity contribution in [3.05, 3.63) is 0 Å². The van der Waals surface area contributed by atoms with E-state index in [4.69, 9.17) is 10.00 Å². The van der Waals surface area contributed by atoms with Crippen LogP contribution in [0.3, 0.4) is 0 Å². The van der Waals surface area contributed by atoms with Crippen LogP contribution < -0.4 is 0 Å². The first-order chi connectivity index (χ1) is 3.31. The summed E-state index contributed by atoms with van der Waals surface area (Å²) >= 11 is 3.12. The van der Waals surface area contributed by atoms with Gasteiger partial charge in [-0.3, -0.25) is 0 Å². The van der Waals surface area contributed by atoms with E-state index in [1.54, 1.807) is 7.11 Å². The topological polar surface area (TPSA) is 33.0 Å². The molecule has 0 aromatic heterocycles. The molecule has 0 rings (SSSR count). The Morgan fingerprint density at radius 3 is 2.71 bits per heavy atom. The van der Waals surface area contributed by atoms with Gasteiger partial charge in [-0.1, -0.05) is 0 Å². The van der Waals surface area contributed by atoms with Crippen molar-refractivity contribution in [2.75, 3.05) is 7.11 Å². The molecule has 0 aliphatic rings. The largest absolute Gasteiger partial charge is 0.360 e. The van der Waals surface area contributed by atoms with Gasteiger partial charge < -0.3 is 4.74 Å². The Labute approximate surface area is 60.4 Å². The second kappa shape index (κ2) is 4.68. The molecule has 0 aromatic carbocycles. The second-order valence-electron chi connectivity index (χ2n) is 0.719. The maximum Gasteiger partial charge on any atom is 0.167 e. The van der Waals surface area contributed by atoms with Crippen LogP contribution in [0.2, 0.25) is 0 Å². The van der Waals surface area contributed by atoms with E-state index in [9.17, 15) is 0 Å². The molecule has 0 spiro atoms. The van der Waals surface area contributed by atoms with Gasteiger partial charge in [0.05, 0.1) is 0 Å². The smallest absolute Gasteiger partial charge is 0.167 e. The Morgan fingerprint density at radius 2 is 2.57 bits per heavy atom. The Bertz CT molecular complexity index is 81.5. The monoisotopic (exact) mass is 229 g/mol. The minimum absolute atomic E-state index is 0.0254. The number of nitrogens with zero attached hydrogens (tertiary/aromatic N) is 1. The van der Waals surface area contributed by atoms with Crippen molar-refractivity contribution in [2.45, 2.75) is 3.44 Å². The second-order valence-corrected chi connectivity index (χ2v) is 3.54. The van der Waals surface area contributed by atoms with Gasteiger partial charge in [0.25, 0.3) is 0 Å². The van der Waals surface area contributed by atoms with E-state index in [1.807, 2.05) is 28.0 Å². The molecule has 0 aliphatic carbocycles. The molecule has 0 heterocycles. The van der Waals surface area contributed by atoms with Gasteiger partial charge in [-0.05, 0) is 34.4 Å². The van der Waals surface area contributed by atoms with Gasteiger partial charge in [0.15, 0.2) is 3.44 Å². The molecule has 4 heteroatoms. The molecule has 0 amide bonds. The van der Waals surface area contributed by atoms with Gasteiger partial charge in [0.1, 0.15) is 5.40 Å². The Hall–Kier alpha value is 0.530. The fourth-order valence-electron chi connectivity index (χ4n) is 0.0895. The Kier molecular flexibility index (Phi) is 5.04. The van der Waals surface area contributed by atoms with Crippen LogP contribution in [-0.2, 0) is 4.74 Å². The summed E-state index contributed by atoms with van der Waals surface area (Å²) in [7, 11) is 1.57. The number of rotatable bonds is 2. The van der Waals surface area contributed by atoms with Crippen molar-refractivity contribution in [1.82, 2.24) is 0 Å². The molecule has 0 saturated heterocycles. The summed E-state index contributed by atoms with van der Waals surface area (Å²) in [5.74, 6) is 0. The van der Waals surface area contributed by atoms with Crippen LogP contribution in [0.4, 0.5) is 0 Å². The number of hydrogen-bond acceptors (Lipinski definition) is 3. The highest BCUT2D eigenvalue weighted by Gasteiger charge is 1.96. The molecule has 0 N–H and O–H groups in total. The molecular formula is C3H4INOS. The summed E-state index contributed by atoms with van der Waals surface area (Å²) < 4.78 is 4.69. The van der Waals surface area contributed by atoms with Crippen LogP contribution in [0.25, 0.3) is 0 Å². The molecule has 40 valence electrons. The summed E-state index contributed by atoms with van der Waals surface area (Å²) in [4.78, 5) is 0. The lowest BCUT2D eigenvalue weighted by molar-refractivity contribution is 0.246. The third-order valence-corrected chi connectivity index (χ3v) is 2.09. The molecule has 0 saturated carbocycles. The molecule has 0 aromatic rings. The number of hydrogen-bond donors (Lipinski definition) is 0. The first kappa shape index (κ1) is 7.53. The van der Waals surface area contributed by atoms with Crippen LogP contribution in [0.1, 0.15) is 0 Å². The van der Waals surface area contributed by atoms with Crippen LogP contribution in [-0.4, -0.2) is 10.6 Å². The molecule has 0 radical (unpaired) electrons. The molecule has 2 nitrogen and oxygen atoms in total. The number of alkyl halides is 1. The van der Waals surface area contributed by atoms with Gasteiger partial charge in [-0.25, -0.2) is 0 Å². The third kappa shape index (κ3) is 4.38. The predicted octanol–water partition coefficient (Wildman–Crippen LogP) is 1.57. The van der Waals surface area contributed by atoms with Crippen molar-refractivity contribution >= 4 is 34.4 Å². The average Bonchev–Trinajstić information content (AvgIpc) is 1.68. The van der Waals surface area contributed by atoms with Gasteiger partial charge in [-0.2, -0.15) is 5.26 Å². The fraction of sp³-hybridized carbons (Fsp3) is 0.667. The van der Waals surface area contributed by atoms with Crippen molar-refractivity contribution < 1.29 is 4.74 Å². The lowest BCUT2D eigenvalue weighted by Gasteiger charge is -1.96. The summed E-state index contributed by atoms with van der Waals surface area (Å²) in [5, 5.41) is 9.90. The lowest BCUT2D eigenvalue weighted by Crippen LogP contribution is -1.89. The van der Waals surface area contributed by atoms with Gasteiger partial charge >= 0.3 is 0 Å². The van der Waals surface area contributed by atoms with Gasteiger partial charge in [-0.15, -0.1) is 0 Å². The number of nitriles is 1. The van der Waals surface area contributed by atoms with E-state index in [0.717, 1.165) is 11.8 Å². The maximum atomic E-state index is 8.00. The van der Waals surface area contributed by atoms with E-state index in [1.165, 1.54) is 0 Å².